The number of hydrogen-bond donors (Lipinski definition) is 0. The molecule has 0 aliphatic carbocycles. The van der Waals surface area contributed by atoms with Gasteiger partial charge in [-0.2, -0.15) is 0 Å². The average Bonchev–Trinajstić information content (AvgIpc) is 3.04. The van der Waals surface area contributed by atoms with E-state index in [1.807, 2.05) is 42.5 Å². The molecular formula is C25H25N3O2. The number of rotatable bonds is 4. The van der Waals surface area contributed by atoms with Gasteiger partial charge < -0.3 is 14.2 Å². The molecule has 0 unspecified atom stereocenters. The molecule has 0 spiro atoms. The molecule has 2 aromatic carbocycles. The summed E-state index contributed by atoms with van der Waals surface area (Å²) in [4.78, 5) is 15.1. The highest BCUT2D eigenvalue weighted by Crippen LogP contribution is 2.31. The van der Waals surface area contributed by atoms with Gasteiger partial charge in [0.05, 0.1) is 0 Å². The lowest BCUT2D eigenvalue weighted by Crippen LogP contribution is -2.27. The smallest absolute Gasteiger partial charge is 0.258 e. The van der Waals surface area contributed by atoms with Crippen LogP contribution in [0.5, 0.6) is 5.75 Å². The van der Waals surface area contributed by atoms with Crippen molar-refractivity contribution in [2.24, 2.45) is 7.05 Å². The maximum Gasteiger partial charge on any atom is 0.258 e. The molecule has 30 heavy (non-hydrogen) atoms. The van der Waals surface area contributed by atoms with Crippen LogP contribution >= 0.6 is 0 Å². The quantitative estimate of drug-likeness (QED) is 0.523. The molecule has 0 N–H and O–H groups in total. The Hall–Kier alpha value is -3.31. The van der Waals surface area contributed by atoms with Gasteiger partial charge in [0.1, 0.15) is 12.4 Å². The first kappa shape index (κ1) is 18.7. The Balaban J connectivity index is 1.46. The molecule has 0 atom stereocenters. The number of aryl methyl sites for hydroxylation is 1. The Morgan fingerprint density at radius 2 is 1.83 bits per heavy atom. The lowest BCUT2D eigenvalue weighted by Gasteiger charge is -2.23. The molecule has 5 rings (SSSR count). The maximum atomic E-state index is 12.8. The van der Waals surface area contributed by atoms with Crippen LogP contribution in [0.25, 0.3) is 16.6 Å². The molecular weight excluding hydrogens is 374 g/mol. The van der Waals surface area contributed by atoms with Gasteiger partial charge in [-0.05, 0) is 48.9 Å². The highest BCUT2D eigenvalue weighted by atomic mass is 16.5. The van der Waals surface area contributed by atoms with Crippen molar-refractivity contribution in [2.75, 3.05) is 13.6 Å². The normalized spacial score (nSPS) is 14.1. The van der Waals surface area contributed by atoms with Crippen LogP contribution in [0.1, 0.15) is 16.8 Å². The van der Waals surface area contributed by atoms with Crippen molar-refractivity contribution in [3.8, 4) is 11.4 Å². The zero-order valence-electron chi connectivity index (χ0n) is 17.3. The molecule has 1 aliphatic heterocycles. The van der Waals surface area contributed by atoms with Crippen LogP contribution in [-0.2, 0) is 26.6 Å². The van der Waals surface area contributed by atoms with Crippen LogP contribution in [0.4, 0.5) is 0 Å². The molecule has 5 nitrogen and oxygen atoms in total. The van der Waals surface area contributed by atoms with E-state index < -0.39 is 0 Å². The highest BCUT2D eigenvalue weighted by molar-refractivity contribution is 5.87. The van der Waals surface area contributed by atoms with E-state index in [-0.39, 0.29) is 5.56 Å². The summed E-state index contributed by atoms with van der Waals surface area (Å²) in [6.07, 6.45) is 2.83. The lowest BCUT2D eigenvalue weighted by molar-refractivity contribution is 0.305. The Kier molecular flexibility index (Phi) is 4.68. The van der Waals surface area contributed by atoms with Crippen LogP contribution in [0.2, 0.25) is 0 Å². The highest BCUT2D eigenvalue weighted by Gasteiger charge is 2.21. The van der Waals surface area contributed by atoms with Crippen molar-refractivity contribution in [3.63, 3.8) is 0 Å². The molecule has 0 fully saturated rings. The summed E-state index contributed by atoms with van der Waals surface area (Å²) in [5.41, 5.74) is 5.86. The van der Waals surface area contributed by atoms with Crippen LogP contribution < -0.4 is 10.3 Å². The minimum absolute atomic E-state index is 0.0931. The predicted molar refractivity (Wildman–Crippen MR) is 119 cm³/mol. The summed E-state index contributed by atoms with van der Waals surface area (Å²) in [7, 11) is 4.29. The van der Waals surface area contributed by atoms with Crippen molar-refractivity contribution in [1.82, 2.24) is 14.0 Å². The topological polar surface area (TPSA) is 39.4 Å². The van der Waals surface area contributed by atoms with E-state index in [0.717, 1.165) is 30.8 Å². The first-order chi connectivity index (χ1) is 14.6. The third kappa shape index (κ3) is 3.31. The molecule has 0 amide bonds. The molecule has 0 saturated heterocycles. The number of hydrogen-bond acceptors (Lipinski definition) is 3. The Bertz CT molecular complexity index is 1270. The summed E-state index contributed by atoms with van der Waals surface area (Å²) in [5, 5.41) is 1.24. The summed E-state index contributed by atoms with van der Waals surface area (Å²) in [6.45, 7) is 2.47. The fourth-order valence-corrected chi connectivity index (χ4v) is 4.33. The summed E-state index contributed by atoms with van der Waals surface area (Å²) in [5.74, 6) is 0.585. The van der Waals surface area contributed by atoms with Crippen LogP contribution in [0, 0.1) is 0 Å². The molecule has 0 radical (unpaired) electrons. The SMILES string of the molecule is CN1CCc2c(n(C)c3ccc(-n4ccc(OCc5ccccc5)cc4=O)cc23)C1. The van der Waals surface area contributed by atoms with E-state index in [1.165, 1.54) is 22.2 Å². The zero-order chi connectivity index (χ0) is 20.7. The van der Waals surface area contributed by atoms with E-state index in [4.69, 9.17) is 4.74 Å². The van der Waals surface area contributed by atoms with Gasteiger partial charge in [-0.1, -0.05) is 30.3 Å². The Morgan fingerprint density at radius 3 is 2.63 bits per heavy atom. The van der Waals surface area contributed by atoms with Crippen molar-refractivity contribution < 1.29 is 4.74 Å². The largest absolute Gasteiger partial charge is 0.489 e. The number of aromatic nitrogens is 2. The van der Waals surface area contributed by atoms with Crippen molar-refractivity contribution >= 4 is 10.9 Å². The minimum atomic E-state index is -0.0931. The predicted octanol–water partition coefficient (Wildman–Crippen LogP) is 3.90. The molecule has 0 bridgehead atoms. The summed E-state index contributed by atoms with van der Waals surface area (Å²) >= 11 is 0. The van der Waals surface area contributed by atoms with Crippen LogP contribution in [-0.4, -0.2) is 27.6 Å². The average molecular weight is 399 g/mol. The monoisotopic (exact) mass is 399 g/mol. The van der Waals surface area contributed by atoms with Gasteiger partial charge >= 0.3 is 0 Å². The van der Waals surface area contributed by atoms with Gasteiger partial charge in [0.2, 0.25) is 0 Å². The third-order valence-corrected chi connectivity index (χ3v) is 6.00. The Morgan fingerprint density at radius 1 is 1.00 bits per heavy atom. The van der Waals surface area contributed by atoms with Crippen molar-refractivity contribution in [2.45, 2.75) is 19.6 Å². The fraction of sp³-hybridized carbons (Fsp3) is 0.240. The molecule has 2 aromatic heterocycles. The molecule has 1 aliphatic rings. The van der Waals surface area contributed by atoms with E-state index in [9.17, 15) is 4.79 Å². The number of likely N-dealkylation sites (N-methyl/N-ethyl adjacent to an activating group) is 1. The van der Waals surface area contributed by atoms with Crippen molar-refractivity contribution in [1.29, 1.82) is 0 Å². The second-order valence-electron chi connectivity index (χ2n) is 8.02. The number of nitrogens with zero attached hydrogens (tertiary/aromatic N) is 3. The first-order valence-corrected chi connectivity index (χ1v) is 10.3. The van der Waals surface area contributed by atoms with Gasteiger partial charge in [0, 0.05) is 54.7 Å². The minimum Gasteiger partial charge on any atom is -0.489 e. The van der Waals surface area contributed by atoms with Crippen LogP contribution in [0.15, 0.2) is 71.7 Å². The molecule has 3 heterocycles. The standard InChI is InChI=1S/C25H25N3O2/c1-26-12-11-21-22-14-19(8-9-23(22)27(2)24(21)16-26)28-13-10-20(15-25(28)29)30-17-18-6-4-3-5-7-18/h3-10,13-15H,11-12,16-17H2,1-2H3. The third-order valence-electron chi connectivity index (χ3n) is 6.00. The van der Waals surface area contributed by atoms with Gasteiger partial charge in [0.15, 0.2) is 0 Å². The number of benzene rings is 2. The molecule has 4 aromatic rings. The second kappa shape index (κ2) is 7.50. The van der Waals surface area contributed by atoms with Gasteiger partial charge in [-0.3, -0.25) is 9.36 Å². The molecule has 5 heteroatoms. The zero-order valence-corrected chi connectivity index (χ0v) is 17.3. The van der Waals surface area contributed by atoms with E-state index in [0.29, 0.717) is 12.4 Å². The van der Waals surface area contributed by atoms with Gasteiger partial charge in [-0.25, -0.2) is 0 Å². The fourth-order valence-electron chi connectivity index (χ4n) is 4.33. The Labute approximate surface area is 175 Å². The lowest BCUT2D eigenvalue weighted by atomic mass is 10.0. The van der Waals surface area contributed by atoms with E-state index in [1.54, 1.807) is 16.8 Å². The summed E-state index contributed by atoms with van der Waals surface area (Å²) in [6, 6.07) is 19.6. The summed E-state index contributed by atoms with van der Waals surface area (Å²) < 4.78 is 9.77. The van der Waals surface area contributed by atoms with E-state index >= 15 is 0 Å². The maximum absolute atomic E-state index is 12.8. The second-order valence-corrected chi connectivity index (χ2v) is 8.02. The van der Waals surface area contributed by atoms with Gasteiger partial charge in [0.25, 0.3) is 5.56 Å². The van der Waals surface area contributed by atoms with Crippen molar-refractivity contribution in [3.05, 3.63) is 94.0 Å². The van der Waals surface area contributed by atoms with E-state index in [2.05, 4.69) is 35.7 Å². The van der Waals surface area contributed by atoms with Crippen LogP contribution in [0.3, 0.4) is 0 Å². The molecule has 0 saturated carbocycles. The number of fused-ring (bicyclic) bond motifs is 3. The van der Waals surface area contributed by atoms with Gasteiger partial charge in [-0.15, -0.1) is 0 Å². The first-order valence-electron chi connectivity index (χ1n) is 10.3. The molecule has 152 valence electrons. The number of pyridine rings is 1. The number of ether oxygens (including phenoxy) is 1.